The average molecular weight is 344 g/mol. The van der Waals surface area contributed by atoms with Gasteiger partial charge in [-0.05, 0) is 30.3 Å². The van der Waals surface area contributed by atoms with Gasteiger partial charge in [0.1, 0.15) is 23.0 Å². The highest BCUT2D eigenvalue weighted by molar-refractivity contribution is 6.31. The lowest BCUT2D eigenvalue weighted by molar-refractivity contribution is 0.0954. The van der Waals surface area contributed by atoms with Crippen LogP contribution in [0, 0.1) is 5.82 Å². The molecule has 0 N–H and O–H groups in total. The Morgan fingerprint density at radius 2 is 1.91 bits per heavy atom. The molecule has 0 atom stereocenters. The first-order valence-electron chi connectivity index (χ1n) is 6.66. The summed E-state index contributed by atoms with van der Waals surface area (Å²) in [6.07, 6.45) is 0. The van der Waals surface area contributed by atoms with E-state index in [0.29, 0.717) is 17.0 Å². The molecule has 6 heteroatoms. The first kappa shape index (κ1) is 21.0. The van der Waals surface area contributed by atoms with E-state index in [0.717, 1.165) is 0 Å². The Morgan fingerprint density at radius 3 is 2.43 bits per heavy atom. The molecule has 2 rings (SSSR count). The fourth-order valence-electron chi connectivity index (χ4n) is 1.69. The number of pyridine rings is 1. The normalized spacial score (nSPS) is 9.30. The molecule has 0 saturated carbocycles. The first-order valence-corrected chi connectivity index (χ1v) is 7.04. The summed E-state index contributed by atoms with van der Waals surface area (Å²) < 4.78 is 30.7. The Bertz CT molecular complexity index is 663. The third kappa shape index (κ3) is 4.99. The Morgan fingerprint density at radius 1 is 1.26 bits per heavy atom. The van der Waals surface area contributed by atoms with Crippen molar-refractivity contribution >= 4 is 17.4 Å². The number of methoxy groups -OCH3 is 1. The Labute approximate surface area is 140 Å². The van der Waals surface area contributed by atoms with Crippen molar-refractivity contribution in [1.82, 2.24) is 4.98 Å². The fraction of sp³-hybridized carbons (Fsp3) is 0.294. The Balaban J connectivity index is 0.00000155. The number of hydrogen-bond donors (Lipinski definition) is 0. The van der Waals surface area contributed by atoms with E-state index in [2.05, 4.69) is 4.98 Å². The zero-order chi connectivity index (χ0) is 16.7. The highest BCUT2D eigenvalue weighted by atomic mass is 35.5. The quantitative estimate of drug-likeness (QED) is 0.701. The maximum Gasteiger partial charge on any atom is 0.212 e. The van der Waals surface area contributed by atoms with Crippen LogP contribution in [0.5, 0.6) is 5.75 Å². The smallest absolute Gasteiger partial charge is 0.212 e. The molecule has 3 nitrogen and oxygen atoms in total. The molecule has 2 aromatic rings. The van der Waals surface area contributed by atoms with Gasteiger partial charge in [-0.3, -0.25) is 4.79 Å². The van der Waals surface area contributed by atoms with Gasteiger partial charge in [0.15, 0.2) is 6.67 Å². The van der Waals surface area contributed by atoms with Crippen molar-refractivity contribution in [3.8, 4) is 17.0 Å². The summed E-state index contributed by atoms with van der Waals surface area (Å²) in [5.41, 5.74) is 0.749. The van der Waals surface area contributed by atoms with Crippen LogP contribution >= 0.6 is 11.6 Å². The molecule has 0 spiro atoms. The number of nitrogens with zero attached hydrogens (tertiary/aromatic N) is 1. The second-order valence-corrected chi connectivity index (χ2v) is 4.34. The molecule has 23 heavy (non-hydrogen) atoms. The van der Waals surface area contributed by atoms with Gasteiger partial charge in [0.2, 0.25) is 5.78 Å². The summed E-state index contributed by atoms with van der Waals surface area (Å²) in [5, 5.41) is -0.0754. The van der Waals surface area contributed by atoms with Crippen LogP contribution in [0.4, 0.5) is 8.78 Å². The number of hydrogen-bond acceptors (Lipinski definition) is 3. The minimum Gasteiger partial charge on any atom is -0.494 e. The van der Waals surface area contributed by atoms with Crippen molar-refractivity contribution in [3.63, 3.8) is 0 Å². The van der Waals surface area contributed by atoms with E-state index in [1.807, 2.05) is 13.8 Å². The van der Waals surface area contributed by atoms with E-state index in [1.165, 1.54) is 37.4 Å². The largest absolute Gasteiger partial charge is 0.494 e. The van der Waals surface area contributed by atoms with Gasteiger partial charge >= 0.3 is 0 Å². The van der Waals surface area contributed by atoms with Gasteiger partial charge in [-0.15, -0.1) is 0 Å². The highest BCUT2D eigenvalue weighted by Crippen LogP contribution is 2.30. The molecule has 0 aliphatic rings. The van der Waals surface area contributed by atoms with Crippen LogP contribution in [0.2, 0.25) is 5.02 Å². The van der Waals surface area contributed by atoms with Crippen LogP contribution in [0.15, 0.2) is 30.3 Å². The molecule has 0 radical (unpaired) electrons. The molecular formula is C17H20ClF2NO2. The number of halogens is 3. The maximum absolute atomic E-state index is 13.2. The molecule has 0 bridgehead atoms. The summed E-state index contributed by atoms with van der Waals surface area (Å²) >= 11 is 5.72. The molecule has 0 unspecified atom stereocenters. The number of rotatable bonds is 4. The van der Waals surface area contributed by atoms with Gasteiger partial charge in [0.05, 0.1) is 12.1 Å². The first-order chi connectivity index (χ1) is 10.6. The number of Topliss-reactive ketones (excluding diaryl/α,β-unsaturated/α-hetero) is 1. The van der Waals surface area contributed by atoms with E-state index in [1.54, 1.807) is 0 Å². The number of ether oxygens (including phenoxy) is 1. The molecule has 0 saturated heterocycles. The van der Waals surface area contributed by atoms with Crippen molar-refractivity contribution in [1.29, 1.82) is 0 Å². The zero-order valence-corrected chi connectivity index (χ0v) is 13.2. The van der Waals surface area contributed by atoms with Gasteiger partial charge in [0.25, 0.3) is 0 Å². The SMILES string of the molecule is C.CC.COc1ccc(C(=O)CF)nc1-c1ccc(F)c(Cl)c1. The van der Waals surface area contributed by atoms with Crippen molar-refractivity contribution in [2.45, 2.75) is 21.3 Å². The molecular weight excluding hydrogens is 324 g/mol. The minimum atomic E-state index is -1.14. The molecule has 0 fully saturated rings. The van der Waals surface area contributed by atoms with Gasteiger partial charge < -0.3 is 4.74 Å². The molecule has 1 heterocycles. The second kappa shape index (κ2) is 9.90. The highest BCUT2D eigenvalue weighted by Gasteiger charge is 2.14. The van der Waals surface area contributed by atoms with E-state index in [4.69, 9.17) is 16.3 Å². The van der Waals surface area contributed by atoms with Crippen molar-refractivity contribution in [2.24, 2.45) is 0 Å². The third-order valence-corrected chi connectivity index (χ3v) is 2.97. The van der Waals surface area contributed by atoms with Crippen LogP contribution in [0.1, 0.15) is 31.8 Å². The maximum atomic E-state index is 13.2. The van der Waals surface area contributed by atoms with E-state index in [9.17, 15) is 13.6 Å². The van der Waals surface area contributed by atoms with Crippen LogP contribution in [-0.4, -0.2) is 24.6 Å². The van der Waals surface area contributed by atoms with Crippen LogP contribution < -0.4 is 4.74 Å². The van der Waals surface area contributed by atoms with Gasteiger partial charge in [-0.25, -0.2) is 13.8 Å². The van der Waals surface area contributed by atoms with Gasteiger partial charge in [-0.2, -0.15) is 0 Å². The summed E-state index contributed by atoms with van der Waals surface area (Å²) in [6, 6.07) is 6.88. The number of alkyl halides is 1. The summed E-state index contributed by atoms with van der Waals surface area (Å²) in [4.78, 5) is 15.4. The molecule has 1 aromatic carbocycles. The van der Waals surface area contributed by atoms with Crippen molar-refractivity contribution in [3.05, 3.63) is 46.9 Å². The minimum absolute atomic E-state index is 0. The fourth-order valence-corrected chi connectivity index (χ4v) is 1.87. The van der Waals surface area contributed by atoms with E-state index in [-0.39, 0.29) is 18.1 Å². The molecule has 0 aliphatic heterocycles. The Kier molecular flexibility index (Phi) is 9.03. The average Bonchev–Trinajstić information content (AvgIpc) is 2.57. The Hall–Kier alpha value is -2.01. The lowest BCUT2D eigenvalue weighted by Gasteiger charge is -2.09. The second-order valence-electron chi connectivity index (χ2n) is 3.93. The van der Waals surface area contributed by atoms with Crippen molar-refractivity contribution < 1.29 is 18.3 Å². The topological polar surface area (TPSA) is 39.2 Å². The third-order valence-electron chi connectivity index (χ3n) is 2.68. The molecule has 0 aliphatic carbocycles. The molecule has 126 valence electrons. The number of aromatic nitrogens is 1. The monoisotopic (exact) mass is 343 g/mol. The number of benzene rings is 1. The van der Waals surface area contributed by atoms with Gasteiger partial charge in [-0.1, -0.05) is 32.9 Å². The van der Waals surface area contributed by atoms with Gasteiger partial charge in [0, 0.05) is 5.56 Å². The zero-order valence-electron chi connectivity index (χ0n) is 12.5. The summed E-state index contributed by atoms with van der Waals surface area (Å²) in [6.45, 7) is 2.86. The lowest BCUT2D eigenvalue weighted by Crippen LogP contribution is -2.05. The van der Waals surface area contributed by atoms with E-state index >= 15 is 0 Å². The molecule has 0 amide bonds. The lowest BCUT2D eigenvalue weighted by atomic mass is 10.1. The van der Waals surface area contributed by atoms with Crippen LogP contribution in [-0.2, 0) is 0 Å². The number of ketones is 1. The summed E-state index contributed by atoms with van der Waals surface area (Å²) in [5.74, 6) is -0.921. The predicted molar refractivity (Wildman–Crippen MR) is 89.6 cm³/mol. The standard InChI is InChI=1S/C14H10ClF2NO2.C2H6.CH4/c1-20-13-5-4-11(12(19)7-16)18-14(13)8-2-3-10(17)9(15)6-8;1-2;/h2-6H,7H2,1H3;1-2H3;1H4. The van der Waals surface area contributed by atoms with Crippen LogP contribution in [0.25, 0.3) is 11.3 Å². The van der Waals surface area contributed by atoms with Crippen molar-refractivity contribution in [2.75, 3.05) is 13.8 Å². The summed E-state index contributed by atoms with van der Waals surface area (Å²) in [7, 11) is 1.43. The predicted octanol–water partition coefficient (Wildman–Crippen LogP) is 5.36. The van der Waals surface area contributed by atoms with E-state index < -0.39 is 18.3 Å². The van der Waals surface area contributed by atoms with Crippen LogP contribution in [0.3, 0.4) is 0 Å². The molecule has 1 aromatic heterocycles. The number of carbonyl (C=O) groups is 1. The number of carbonyl (C=O) groups excluding carboxylic acids is 1.